The van der Waals surface area contributed by atoms with Gasteiger partial charge in [-0.1, -0.05) is 0 Å². The van der Waals surface area contributed by atoms with Gasteiger partial charge in [-0.15, -0.1) is 0 Å². The highest BCUT2D eigenvalue weighted by Gasteiger charge is 2.23. The molecule has 0 aliphatic carbocycles. The van der Waals surface area contributed by atoms with E-state index >= 15 is 0 Å². The summed E-state index contributed by atoms with van der Waals surface area (Å²) >= 11 is 0. The van der Waals surface area contributed by atoms with Gasteiger partial charge in [0.1, 0.15) is 6.61 Å². The lowest BCUT2D eigenvalue weighted by Gasteiger charge is -2.17. The van der Waals surface area contributed by atoms with Gasteiger partial charge in [-0.2, -0.15) is 0 Å². The zero-order valence-corrected chi connectivity index (χ0v) is 10.9. The quantitative estimate of drug-likeness (QED) is 0.781. The largest absolute Gasteiger partial charge is 0.475 e. The third kappa shape index (κ3) is 3.58. The molecular formula is C13H20N2O3. The van der Waals surface area contributed by atoms with Crippen molar-refractivity contribution in [1.82, 2.24) is 4.98 Å². The van der Waals surface area contributed by atoms with Crippen molar-refractivity contribution in [2.75, 3.05) is 32.2 Å². The number of aromatic nitrogens is 1. The van der Waals surface area contributed by atoms with E-state index in [-0.39, 0.29) is 6.10 Å². The van der Waals surface area contributed by atoms with Crippen molar-refractivity contribution in [3.8, 4) is 5.88 Å². The van der Waals surface area contributed by atoms with Crippen molar-refractivity contribution in [3.05, 3.63) is 18.3 Å². The van der Waals surface area contributed by atoms with Gasteiger partial charge in [0.15, 0.2) is 0 Å². The third-order valence-corrected chi connectivity index (χ3v) is 3.00. The number of nitrogens with zero attached hydrogens (tertiary/aromatic N) is 1. The molecule has 1 fully saturated rings. The Bertz CT molecular complexity index is 356. The van der Waals surface area contributed by atoms with Crippen LogP contribution in [0, 0.1) is 0 Å². The average molecular weight is 252 g/mol. The van der Waals surface area contributed by atoms with E-state index in [2.05, 4.69) is 17.2 Å². The molecule has 100 valence electrons. The van der Waals surface area contributed by atoms with Crippen LogP contribution in [0.5, 0.6) is 5.88 Å². The molecule has 5 nitrogen and oxygen atoms in total. The zero-order chi connectivity index (χ0) is 12.8. The highest BCUT2D eigenvalue weighted by atomic mass is 16.5. The summed E-state index contributed by atoms with van der Waals surface area (Å²) in [4.78, 5) is 4.24. The van der Waals surface area contributed by atoms with Crippen molar-refractivity contribution < 1.29 is 14.2 Å². The standard InChI is InChI=1S/C13H20N2O3/c1-10-12(5-6-17-10)15-11-3-4-13(14-9-11)18-8-7-16-2/h3-4,9-10,12,15H,5-8H2,1-2H3. The fourth-order valence-electron chi connectivity index (χ4n) is 1.92. The number of ether oxygens (including phenoxy) is 3. The maximum atomic E-state index is 5.51. The molecule has 2 unspecified atom stereocenters. The van der Waals surface area contributed by atoms with E-state index in [4.69, 9.17) is 14.2 Å². The number of anilines is 1. The van der Waals surface area contributed by atoms with Crippen LogP contribution in [0.15, 0.2) is 18.3 Å². The number of hydrogen-bond donors (Lipinski definition) is 1. The Labute approximate surface area is 107 Å². The second-order valence-electron chi connectivity index (χ2n) is 4.34. The van der Waals surface area contributed by atoms with Crippen molar-refractivity contribution in [3.63, 3.8) is 0 Å². The van der Waals surface area contributed by atoms with E-state index in [0.29, 0.717) is 25.1 Å². The molecule has 18 heavy (non-hydrogen) atoms. The lowest BCUT2D eigenvalue weighted by Crippen LogP contribution is -2.26. The molecule has 0 radical (unpaired) electrons. The molecule has 0 aromatic carbocycles. The van der Waals surface area contributed by atoms with E-state index < -0.39 is 0 Å². The Morgan fingerprint density at radius 1 is 1.44 bits per heavy atom. The van der Waals surface area contributed by atoms with Gasteiger partial charge in [-0.25, -0.2) is 4.98 Å². The van der Waals surface area contributed by atoms with Crippen LogP contribution in [0.1, 0.15) is 13.3 Å². The van der Waals surface area contributed by atoms with Crippen LogP contribution < -0.4 is 10.1 Å². The molecule has 0 saturated carbocycles. The van der Waals surface area contributed by atoms with Gasteiger partial charge in [0, 0.05) is 19.8 Å². The van der Waals surface area contributed by atoms with E-state index in [1.807, 2.05) is 12.1 Å². The van der Waals surface area contributed by atoms with Crippen LogP contribution in [-0.4, -0.2) is 44.1 Å². The van der Waals surface area contributed by atoms with E-state index in [1.54, 1.807) is 13.3 Å². The van der Waals surface area contributed by atoms with Crippen molar-refractivity contribution in [1.29, 1.82) is 0 Å². The molecule has 1 saturated heterocycles. The highest BCUT2D eigenvalue weighted by Crippen LogP contribution is 2.19. The molecule has 1 aliphatic heterocycles. The maximum absolute atomic E-state index is 5.51. The summed E-state index contributed by atoms with van der Waals surface area (Å²) in [6.45, 7) is 3.99. The number of methoxy groups -OCH3 is 1. The lowest BCUT2D eigenvalue weighted by atomic mass is 10.1. The first-order valence-corrected chi connectivity index (χ1v) is 6.25. The molecule has 1 aromatic rings. The molecule has 0 bridgehead atoms. The van der Waals surface area contributed by atoms with Gasteiger partial charge in [0.2, 0.25) is 5.88 Å². The SMILES string of the molecule is COCCOc1ccc(NC2CCOC2C)cn1. The van der Waals surface area contributed by atoms with Crippen LogP contribution in [0.3, 0.4) is 0 Å². The fraction of sp³-hybridized carbons (Fsp3) is 0.615. The van der Waals surface area contributed by atoms with Crippen molar-refractivity contribution in [2.24, 2.45) is 0 Å². The number of nitrogens with one attached hydrogen (secondary N) is 1. The number of hydrogen-bond acceptors (Lipinski definition) is 5. The van der Waals surface area contributed by atoms with Gasteiger partial charge in [-0.3, -0.25) is 0 Å². The Kier molecular flexibility index (Phi) is 4.78. The predicted octanol–water partition coefficient (Wildman–Crippen LogP) is 1.70. The minimum Gasteiger partial charge on any atom is -0.475 e. The average Bonchev–Trinajstić information content (AvgIpc) is 2.78. The minimum atomic E-state index is 0.252. The third-order valence-electron chi connectivity index (χ3n) is 3.00. The van der Waals surface area contributed by atoms with Crippen LogP contribution in [0.2, 0.25) is 0 Å². The minimum absolute atomic E-state index is 0.252. The number of rotatable bonds is 6. The first-order chi connectivity index (χ1) is 8.79. The first-order valence-electron chi connectivity index (χ1n) is 6.25. The highest BCUT2D eigenvalue weighted by molar-refractivity contribution is 5.43. The van der Waals surface area contributed by atoms with Crippen LogP contribution in [0.4, 0.5) is 5.69 Å². The Hall–Kier alpha value is -1.33. The number of pyridine rings is 1. The molecule has 0 spiro atoms. The van der Waals surface area contributed by atoms with E-state index in [0.717, 1.165) is 18.7 Å². The molecule has 1 aliphatic rings. The summed E-state index contributed by atoms with van der Waals surface area (Å²) in [6.07, 6.45) is 3.07. The topological polar surface area (TPSA) is 52.6 Å². The van der Waals surface area contributed by atoms with Gasteiger partial charge in [-0.05, 0) is 19.4 Å². The molecule has 1 aromatic heterocycles. The maximum Gasteiger partial charge on any atom is 0.213 e. The second-order valence-corrected chi connectivity index (χ2v) is 4.34. The molecule has 2 atom stereocenters. The molecule has 0 amide bonds. The van der Waals surface area contributed by atoms with Gasteiger partial charge >= 0.3 is 0 Å². The van der Waals surface area contributed by atoms with Crippen LogP contribution in [-0.2, 0) is 9.47 Å². The summed E-state index contributed by atoms with van der Waals surface area (Å²) < 4.78 is 15.8. The molecule has 2 rings (SSSR count). The normalized spacial score (nSPS) is 23.0. The second kappa shape index (κ2) is 6.56. The monoisotopic (exact) mass is 252 g/mol. The summed E-state index contributed by atoms with van der Waals surface area (Å²) in [7, 11) is 1.65. The van der Waals surface area contributed by atoms with Gasteiger partial charge < -0.3 is 19.5 Å². The Balaban J connectivity index is 1.83. The summed E-state index contributed by atoms with van der Waals surface area (Å²) in [5, 5.41) is 3.42. The van der Waals surface area contributed by atoms with Gasteiger partial charge in [0.25, 0.3) is 0 Å². The van der Waals surface area contributed by atoms with E-state index in [1.165, 1.54) is 0 Å². The van der Waals surface area contributed by atoms with E-state index in [9.17, 15) is 0 Å². The van der Waals surface area contributed by atoms with Crippen LogP contribution >= 0.6 is 0 Å². The summed E-state index contributed by atoms with van der Waals surface area (Å²) in [6, 6.07) is 4.20. The summed E-state index contributed by atoms with van der Waals surface area (Å²) in [5.41, 5.74) is 0.997. The Morgan fingerprint density at radius 2 is 2.33 bits per heavy atom. The van der Waals surface area contributed by atoms with Crippen LogP contribution in [0.25, 0.3) is 0 Å². The molecule has 5 heteroatoms. The molecular weight excluding hydrogens is 232 g/mol. The van der Waals surface area contributed by atoms with Crippen molar-refractivity contribution >= 4 is 5.69 Å². The predicted molar refractivity (Wildman–Crippen MR) is 69.0 cm³/mol. The van der Waals surface area contributed by atoms with Gasteiger partial charge in [0.05, 0.1) is 30.6 Å². The molecule has 1 N–H and O–H groups in total. The first kappa shape index (κ1) is 13.1. The fourth-order valence-corrected chi connectivity index (χ4v) is 1.92. The summed E-state index contributed by atoms with van der Waals surface area (Å²) in [5.74, 6) is 0.619. The lowest BCUT2D eigenvalue weighted by molar-refractivity contribution is 0.121. The smallest absolute Gasteiger partial charge is 0.213 e. The van der Waals surface area contributed by atoms with Crippen molar-refractivity contribution in [2.45, 2.75) is 25.5 Å². The zero-order valence-electron chi connectivity index (χ0n) is 10.9. The molecule has 2 heterocycles. The Morgan fingerprint density at radius 3 is 2.94 bits per heavy atom.